The van der Waals surface area contributed by atoms with Gasteiger partial charge in [0.05, 0.1) is 0 Å². The Bertz CT molecular complexity index is 636. The van der Waals surface area contributed by atoms with Crippen molar-refractivity contribution in [2.45, 2.75) is 38.5 Å². The van der Waals surface area contributed by atoms with Crippen LogP contribution in [-0.4, -0.2) is 13.1 Å². The van der Waals surface area contributed by atoms with Gasteiger partial charge in [0.2, 0.25) is 0 Å². The van der Waals surface area contributed by atoms with E-state index in [1.807, 2.05) is 36.9 Å². The molecule has 0 amide bonds. The Morgan fingerprint density at radius 3 is 2.04 bits per heavy atom. The third-order valence-electron chi connectivity index (χ3n) is 4.79. The summed E-state index contributed by atoms with van der Waals surface area (Å²) in [5, 5.41) is 0. The Hall–Kier alpha value is -1.90. The van der Waals surface area contributed by atoms with Crippen molar-refractivity contribution < 1.29 is 8.78 Å². The van der Waals surface area contributed by atoms with Gasteiger partial charge in [0, 0.05) is 13.1 Å². The van der Waals surface area contributed by atoms with Crippen LogP contribution in [0, 0.1) is 11.6 Å². The van der Waals surface area contributed by atoms with Crippen LogP contribution in [0.3, 0.4) is 0 Å². The first-order valence-corrected chi connectivity index (χ1v) is 8.35. The van der Waals surface area contributed by atoms with Crippen LogP contribution in [0.2, 0.25) is 0 Å². The fraction of sp³-hybridized carbons (Fsp3) is 0.400. The van der Waals surface area contributed by atoms with E-state index in [0.717, 1.165) is 12.8 Å². The van der Waals surface area contributed by atoms with Crippen molar-refractivity contribution >= 4 is 5.69 Å². The van der Waals surface area contributed by atoms with Crippen molar-refractivity contribution in [3.05, 3.63) is 65.2 Å². The van der Waals surface area contributed by atoms with E-state index in [0.29, 0.717) is 24.6 Å². The highest BCUT2D eigenvalue weighted by atomic mass is 19.1. The predicted molar refractivity (Wildman–Crippen MR) is 91.1 cm³/mol. The number of nitrogens with zero attached hydrogens (tertiary/aromatic N) is 1. The van der Waals surface area contributed by atoms with E-state index in [4.69, 9.17) is 0 Å². The molecule has 3 rings (SSSR count). The summed E-state index contributed by atoms with van der Waals surface area (Å²) in [6.07, 6.45) is 1.85. The van der Waals surface area contributed by atoms with E-state index in [-0.39, 0.29) is 11.6 Å². The van der Waals surface area contributed by atoms with Crippen LogP contribution < -0.4 is 4.90 Å². The lowest BCUT2D eigenvalue weighted by Gasteiger charge is -2.34. The molecule has 0 saturated carbocycles. The summed E-state index contributed by atoms with van der Waals surface area (Å²) in [6.45, 7) is 5.27. The van der Waals surface area contributed by atoms with Crippen LogP contribution >= 0.6 is 0 Å². The van der Waals surface area contributed by atoms with Crippen molar-refractivity contribution in [1.82, 2.24) is 0 Å². The maximum Gasteiger partial charge on any atom is 0.149 e. The molecule has 0 aromatic heterocycles. The standard InChI is InChI=1S/C20H23F2N/c1-14(2)17-12-18(21)20(19(22)13-17)23-10-8-16(9-11-23)15-6-4-3-5-7-15/h3-7,12-14,16H,8-11H2,1-2H3. The average Bonchev–Trinajstić information content (AvgIpc) is 2.55. The maximum absolute atomic E-state index is 14.4. The molecule has 1 nitrogen and oxygen atoms in total. The summed E-state index contributed by atoms with van der Waals surface area (Å²) in [5.74, 6) is -0.274. The molecule has 0 bridgehead atoms. The lowest BCUT2D eigenvalue weighted by Crippen LogP contribution is -2.34. The zero-order valence-corrected chi connectivity index (χ0v) is 13.7. The normalized spacial score (nSPS) is 16.1. The average molecular weight is 315 g/mol. The first-order chi connectivity index (χ1) is 11.1. The van der Waals surface area contributed by atoms with E-state index >= 15 is 0 Å². The van der Waals surface area contributed by atoms with Gasteiger partial charge >= 0.3 is 0 Å². The smallest absolute Gasteiger partial charge is 0.149 e. The van der Waals surface area contributed by atoms with Gasteiger partial charge in [0.1, 0.15) is 17.3 Å². The van der Waals surface area contributed by atoms with Crippen LogP contribution in [0.25, 0.3) is 0 Å². The Morgan fingerprint density at radius 2 is 1.52 bits per heavy atom. The summed E-state index contributed by atoms with van der Waals surface area (Å²) in [4.78, 5) is 1.86. The molecule has 1 aliphatic rings. The van der Waals surface area contributed by atoms with Crippen LogP contribution in [0.4, 0.5) is 14.5 Å². The molecule has 1 saturated heterocycles. The number of hydrogen-bond acceptors (Lipinski definition) is 1. The predicted octanol–water partition coefficient (Wildman–Crippen LogP) is 5.47. The van der Waals surface area contributed by atoms with E-state index in [1.165, 1.54) is 17.7 Å². The lowest BCUT2D eigenvalue weighted by molar-refractivity contribution is 0.485. The fourth-order valence-electron chi connectivity index (χ4n) is 3.38. The minimum Gasteiger partial charge on any atom is -0.367 e. The molecule has 1 aliphatic heterocycles. The maximum atomic E-state index is 14.4. The molecular weight excluding hydrogens is 292 g/mol. The quantitative estimate of drug-likeness (QED) is 0.725. The van der Waals surface area contributed by atoms with Crippen molar-refractivity contribution in [2.75, 3.05) is 18.0 Å². The second-order valence-electron chi connectivity index (χ2n) is 6.66. The molecule has 0 unspecified atom stereocenters. The molecule has 1 heterocycles. The Morgan fingerprint density at radius 1 is 0.957 bits per heavy atom. The SMILES string of the molecule is CC(C)c1cc(F)c(N2CCC(c3ccccc3)CC2)c(F)c1. The van der Waals surface area contributed by atoms with Gasteiger partial charge in [-0.25, -0.2) is 8.78 Å². The second-order valence-corrected chi connectivity index (χ2v) is 6.66. The number of piperidine rings is 1. The Balaban J connectivity index is 1.75. The summed E-state index contributed by atoms with van der Waals surface area (Å²) < 4.78 is 28.8. The van der Waals surface area contributed by atoms with Gasteiger partial charge in [-0.2, -0.15) is 0 Å². The van der Waals surface area contributed by atoms with Gasteiger partial charge in [-0.1, -0.05) is 44.2 Å². The van der Waals surface area contributed by atoms with Crippen LogP contribution in [-0.2, 0) is 0 Å². The Kier molecular flexibility index (Phi) is 4.65. The number of halogens is 2. The number of hydrogen-bond donors (Lipinski definition) is 0. The van der Waals surface area contributed by atoms with Gasteiger partial charge in [-0.3, -0.25) is 0 Å². The molecule has 2 aromatic rings. The van der Waals surface area contributed by atoms with Crippen LogP contribution in [0.15, 0.2) is 42.5 Å². The molecule has 23 heavy (non-hydrogen) atoms. The minimum atomic E-state index is -0.438. The molecular formula is C20H23F2N. The molecule has 0 aliphatic carbocycles. The highest BCUT2D eigenvalue weighted by Gasteiger charge is 2.25. The van der Waals surface area contributed by atoms with E-state index in [2.05, 4.69) is 12.1 Å². The molecule has 0 N–H and O–H groups in total. The second kappa shape index (κ2) is 6.69. The molecule has 2 aromatic carbocycles. The highest BCUT2D eigenvalue weighted by molar-refractivity contribution is 5.51. The van der Waals surface area contributed by atoms with E-state index < -0.39 is 11.6 Å². The molecule has 0 spiro atoms. The Labute approximate surface area is 136 Å². The fourth-order valence-corrected chi connectivity index (χ4v) is 3.38. The van der Waals surface area contributed by atoms with Gasteiger partial charge in [0.25, 0.3) is 0 Å². The van der Waals surface area contributed by atoms with Crippen molar-refractivity contribution in [3.8, 4) is 0 Å². The molecule has 0 atom stereocenters. The summed E-state index contributed by atoms with van der Waals surface area (Å²) >= 11 is 0. The van der Waals surface area contributed by atoms with Gasteiger partial charge < -0.3 is 4.90 Å². The first-order valence-electron chi connectivity index (χ1n) is 8.35. The van der Waals surface area contributed by atoms with Gasteiger partial charge in [0.15, 0.2) is 0 Å². The third kappa shape index (κ3) is 3.39. The third-order valence-corrected chi connectivity index (χ3v) is 4.79. The van der Waals surface area contributed by atoms with Crippen LogP contribution in [0.1, 0.15) is 49.7 Å². The zero-order chi connectivity index (χ0) is 16.4. The van der Waals surface area contributed by atoms with Crippen molar-refractivity contribution in [2.24, 2.45) is 0 Å². The minimum absolute atomic E-state index is 0.122. The molecule has 122 valence electrons. The van der Waals surface area contributed by atoms with Gasteiger partial charge in [-0.15, -0.1) is 0 Å². The number of benzene rings is 2. The molecule has 0 radical (unpaired) electrons. The number of anilines is 1. The van der Waals surface area contributed by atoms with Gasteiger partial charge in [-0.05, 0) is 47.9 Å². The largest absolute Gasteiger partial charge is 0.367 e. The lowest BCUT2D eigenvalue weighted by atomic mass is 9.89. The van der Waals surface area contributed by atoms with Crippen LogP contribution in [0.5, 0.6) is 0 Å². The summed E-state index contributed by atoms with van der Waals surface area (Å²) in [6, 6.07) is 13.3. The van der Waals surface area contributed by atoms with Crippen molar-refractivity contribution in [3.63, 3.8) is 0 Å². The van der Waals surface area contributed by atoms with E-state index in [9.17, 15) is 8.78 Å². The summed E-state index contributed by atoms with van der Waals surface area (Å²) in [7, 11) is 0. The van der Waals surface area contributed by atoms with Crippen molar-refractivity contribution in [1.29, 1.82) is 0 Å². The zero-order valence-electron chi connectivity index (χ0n) is 13.7. The first kappa shape index (κ1) is 16.0. The van der Waals surface area contributed by atoms with E-state index in [1.54, 1.807) is 0 Å². The topological polar surface area (TPSA) is 3.24 Å². The monoisotopic (exact) mass is 315 g/mol. The molecule has 1 fully saturated rings. The number of rotatable bonds is 3. The molecule has 3 heteroatoms. The summed E-state index contributed by atoms with van der Waals surface area (Å²) in [5.41, 5.74) is 2.17. The highest BCUT2D eigenvalue weighted by Crippen LogP contribution is 2.34.